The van der Waals surface area contributed by atoms with Gasteiger partial charge >= 0.3 is 23.9 Å². The Balaban J connectivity index is 3.98. The van der Waals surface area contributed by atoms with Gasteiger partial charge in [-0.3, -0.25) is 43.2 Å². The number of aliphatic hydroxyl groups is 1. The van der Waals surface area contributed by atoms with E-state index in [0.717, 1.165) is 51.4 Å². The first-order valence-electron chi connectivity index (χ1n) is 28.9. The summed E-state index contributed by atoms with van der Waals surface area (Å²) in [5.74, 6) is -8.90. The maximum atomic E-state index is 12.5. The zero-order chi connectivity index (χ0) is 59.6. The van der Waals surface area contributed by atoms with Gasteiger partial charge in [0, 0.05) is 70.6 Å². The number of rotatable bonds is 58. The molecule has 24 heteroatoms. The molecule has 0 aliphatic heterocycles. The van der Waals surface area contributed by atoms with E-state index in [-0.39, 0.29) is 134 Å². The predicted molar refractivity (Wildman–Crippen MR) is 292 cm³/mol. The number of carboxylic acid groups (broad SMARTS) is 4. The Morgan fingerprint density at radius 3 is 1.41 bits per heavy atom. The average molecular weight is 1150 g/mol. The topological polar surface area (TPSA) is 374 Å². The molecule has 0 spiro atoms. The summed E-state index contributed by atoms with van der Waals surface area (Å²) in [4.78, 5) is 131. The van der Waals surface area contributed by atoms with E-state index in [9.17, 15) is 68.1 Å². The van der Waals surface area contributed by atoms with Gasteiger partial charge in [-0.2, -0.15) is 0 Å². The maximum Gasteiger partial charge on any atom is 0.326 e. The number of amides is 4. The molecule has 1 unspecified atom stereocenters. The minimum absolute atomic E-state index is 0.00172. The molecular weight excluding hydrogens is 1050 g/mol. The van der Waals surface area contributed by atoms with Crippen LogP contribution < -0.4 is 21.3 Å². The molecule has 0 fully saturated rings. The van der Waals surface area contributed by atoms with Crippen molar-refractivity contribution in [1.82, 2.24) is 21.3 Å². The van der Waals surface area contributed by atoms with Crippen LogP contribution in [0.2, 0.25) is 0 Å². The van der Waals surface area contributed by atoms with Crippen molar-refractivity contribution in [3.63, 3.8) is 0 Å². The Bertz CT molecular complexity index is 1800. The average Bonchev–Trinajstić information content (AvgIpc) is 3.41. The fourth-order valence-electron chi connectivity index (χ4n) is 8.42. The van der Waals surface area contributed by atoms with E-state index >= 15 is 0 Å². The molecule has 0 radical (unpaired) electrons. The molecule has 0 aromatic rings. The molecule has 0 aliphatic carbocycles. The van der Waals surface area contributed by atoms with Gasteiger partial charge in [0.1, 0.15) is 37.7 Å². The molecule has 460 valence electrons. The van der Waals surface area contributed by atoms with Crippen molar-refractivity contribution in [2.75, 3.05) is 72.6 Å². The largest absolute Gasteiger partial charge is 0.481 e. The monoisotopic (exact) mass is 1140 g/mol. The summed E-state index contributed by atoms with van der Waals surface area (Å²) in [5.41, 5.74) is 0. The first-order chi connectivity index (χ1) is 38.4. The predicted octanol–water partition coefficient (Wildman–Crippen LogP) is 4.86. The van der Waals surface area contributed by atoms with Gasteiger partial charge in [0.25, 0.3) is 0 Å². The van der Waals surface area contributed by atoms with Gasteiger partial charge in [0.2, 0.25) is 23.6 Å². The highest BCUT2D eigenvalue weighted by atomic mass is 16.5. The lowest BCUT2D eigenvalue weighted by Crippen LogP contribution is -2.42. The Morgan fingerprint density at radius 2 is 0.875 bits per heavy atom. The van der Waals surface area contributed by atoms with Gasteiger partial charge in [0.05, 0.1) is 39.0 Å². The van der Waals surface area contributed by atoms with Gasteiger partial charge in [-0.25, -0.2) is 9.59 Å². The van der Waals surface area contributed by atoms with Crippen LogP contribution in [0.15, 0.2) is 0 Å². The highest BCUT2D eigenvalue weighted by Crippen LogP contribution is 2.17. The van der Waals surface area contributed by atoms with Crippen LogP contribution in [0.25, 0.3) is 0 Å². The number of carbonyl (C=O) groups is 11. The Hall–Kier alpha value is -5.43. The summed E-state index contributed by atoms with van der Waals surface area (Å²) >= 11 is 0. The summed E-state index contributed by atoms with van der Waals surface area (Å²) in [5, 5.41) is 56.5. The molecular formula is C56H96N4O20. The number of ether oxygens (including phenoxy) is 4. The number of Topliss-reactive ketones (excluding diaryl/α,β-unsaturated/α-hetero) is 3. The number of nitrogens with one attached hydrogen (secondary N) is 4. The zero-order valence-corrected chi connectivity index (χ0v) is 47.5. The van der Waals surface area contributed by atoms with Crippen LogP contribution in [-0.2, 0) is 71.7 Å². The Kier molecular flexibility index (Phi) is 47.1. The second-order valence-corrected chi connectivity index (χ2v) is 20.1. The minimum Gasteiger partial charge on any atom is -0.481 e. The highest BCUT2D eigenvalue weighted by Gasteiger charge is 2.26. The molecule has 4 amide bonds. The molecule has 24 nitrogen and oxygen atoms in total. The number of aliphatic carboxylic acids is 4. The highest BCUT2D eigenvalue weighted by molar-refractivity contribution is 5.87. The van der Waals surface area contributed by atoms with Gasteiger partial charge in [-0.1, -0.05) is 90.4 Å². The summed E-state index contributed by atoms with van der Waals surface area (Å²) in [6, 6.07) is -2.54. The molecule has 0 heterocycles. The molecule has 80 heavy (non-hydrogen) atoms. The number of hydrogen-bond donors (Lipinski definition) is 9. The van der Waals surface area contributed by atoms with Gasteiger partial charge in [-0.15, -0.1) is 0 Å². The van der Waals surface area contributed by atoms with Crippen molar-refractivity contribution in [3.05, 3.63) is 0 Å². The molecule has 0 aromatic carbocycles. The van der Waals surface area contributed by atoms with Crippen molar-refractivity contribution in [1.29, 1.82) is 0 Å². The van der Waals surface area contributed by atoms with Crippen molar-refractivity contribution in [3.8, 4) is 0 Å². The van der Waals surface area contributed by atoms with Gasteiger partial charge in [0.15, 0.2) is 11.6 Å². The maximum absolute atomic E-state index is 12.5. The number of unbranched alkanes of at least 4 members (excludes halogenated alkanes) is 14. The molecule has 0 bridgehead atoms. The van der Waals surface area contributed by atoms with Crippen LogP contribution in [-0.4, -0.2) is 175 Å². The minimum atomic E-state index is -1.40. The molecule has 9 N–H and O–H groups in total. The van der Waals surface area contributed by atoms with E-state index in [1.165, 1.54) is 32.1 Å². The van der Waals surface area contributed by atoms with Crippen molar-refractivity contribution in [2.24, 2.45) is 11.8 Å². The smallest absolute Gasteiger partial charge is 0.326 e. The Morgan fingerprint density at radius 1 is 0.388 bits per heavy atom. The number of carboxylic acids is 4. The lowest BCUT2D eigenvalue weighted by molar-refractivity contribution is -0.145. The number of ketones is 3. The zero-order valence-electron chi connectivity index (χ0n) is 47.5. The molecule has 4 atom stereocenters. The van der Waals surface area contributed by atoms with Crippen LogP contribution >= 0.6 is 0 Å². The van der Waals surface area contributed by atoms with E-state index in [1.807, 2.05) is 6.92 Å². The van der Waals surface area contributed by atoms with E-state index in [1.54, 1.807) is 0 Å². The third-order valence-corrected chi connectivity index (χ3v) is 13.2. The van der Waals surface area contributed by atoms with Crippen LogP contribution in [0, 0.1) is 11.8 Å². The van der Waals surface area contributed by atoms with Crippen molar-refractivity contribution in [2.45, 2.75) is 205 Å². The van der Waals surface area contributed by atoms with Crippen LogP contribution in [0.1, 0.15) is 193 Å². The molecule has 0 aromatic heterocycles. The summed E-state index contributed by atoms with van der Waals surface area (Å²) in [6.45, 7) is 1.91. The van der Waals surface area contributed by atoms with Crippen LogP contribution in [0.4, 0.5) is 0 Å². The Labute approximate surface area is 471 Å². The molecule has 0 saturated heterocycles. The SMILES string of the molecule is CCC(CCCCNC(=O)CC[C@H](NC(=O)CC[C@H](CC(=O)COCCOCCNC(=O)COCCOCCCC(=O)CC[C@H](NC(=O)CCCCCCCCCCCCCCCCC(=O)O)C(=O)O)C(=O)O)C(=O)O)C(=O)CO. The van der Waals surface area contributed by atoms with Gasteiger partial charge in [-0.05, 0) is 57.8 Å². The second-order valence-electron chi connectivity index (χ2n) is 20.1. The fraction of sp³-hybridized carbons (Fsp3) is 0.804. The molecule has 0 saturated carbocycles. The van der Waals surface area contributed by atoms with E-state index < -0.39 is 85.0 Å². The molecule has 0 rings (SSSR count). The third kappa shape index (κ3) is 45.3. The first kappa shape index (κ1) is 74.6. The van der Waals surface area contributed by atoms with Crippen molar-refractivity contribution < 1.29 is 97.2 Å². The van der Waals surface area contributed by atoms with Crippen LogP contribution in [0.3, 0.4) is 0 Å². The summed E-state index contributed by atoms with van der Waals surface area (Å²) in [6.07, 6.45) is 16.9. The number of aliphatic hydroxyl groups excluding tert-OH is 1. The van der Waals surface area contributed by atoms with Crippen molar-refractivity contribution >= 4 is 64.9 Å². The standard InChI is InChI=1S/C56H96N4O20/c1-2-42(48(64)39-61)20-17-18-30-57-49(65)29-27-47(56(75)76)60-51(67)28-24-43(54(71)72)38-45(63)40-79-36-35-78-33-31-58-52(68)41-80-37-34-77-32-19-21-44(62)25-26-46(55(73)74)59-50(66)22-15-13-11-9-7-5-3-4-6-8-10-12-14-16-23-53(69)70/h42-43,46-47,61H,2-41H2,1H3,(H,57,65)(H,58,68)(H,59,66)(H,60,67)(H,69,70)(H,71,72)(H,73,74)(H,75,76)/t42?,43-,46+,47+/m1/s1. The van der Waals surface area contributed by atoms with E-state index in [0.29, 0.717) is 45.1 Å². The lowest BCUT2D eigenvalue weighted by Gasteiger charge is -2.16. The number of carbonyl (C=O) groups excluding carboxylic acids is 7. The number of hydrogen-bond acceptors (Lipinski definition) is 16. The van der Waals surface area contributed by atoms with Crippen LogP contribution in [0.5, 0.6) is 0 Å². The summed E-state index contributed by atoms with van der Waals surface area (Å²) < 4.78 is 21.4. The van der Waals surface area contributed by atoms with E-state index in [2.05, 4.69) is 21.3 Å². The quantitative estimate of drug-likeness (QED) is 0.0367. The first-order valence-corrected chi connectivity index (χ1v) is 28.9. The fourth-order valence-corrected chi connectivity index (χ4v) is 8.42. The second kappa shape index (κ2) is 50.5. The lowest BCUT2D eigenvalue weighted by atomic mass is 9.95. The van der Waals surface area contributed by atoms with Gasteiger partial charge < -0.3 is 65.7 Å². The normalized spacial score (nSPS) is 12.6. The molecule has 0 aliphatic rings. The summed E-state index contributed by atoms with van der Waals surface area (Å²) in [7, 11) is 0. The third-order valence-electron chi connectivity index (χ3n) is 13.2. The van der Waals surface area contributed by atoms with E-state index in [4.69, 9.17) is 29.2 Å².